The zero-order valence-corrected chi connectivity index (χ0v) is 20.1. The third-order valence-corrected chi connectivity index (χ3v) is 8.18. The van der Waals surface area contributed by atoms with Crippen LogP contribution in [0.2, 0.25) is 0 Å². The summed E-state index contributed by atoms with van der Waals surface area (Å²) in [6.45, 7) is 1.35. The lowest BCUT2D eigenvalue weighted by Gasteiger charge is -2.36. The maximum Gasteiger partial charge on any atom is 0.470 e. The average molecular weight is 532 g/mol. The van der Waals surface area contributed by atoms with Crippen LogP contribution in [-0.4, -0.2) is 59.7 Å². The van der Waals surface area contributed by atoms with Crippen LogP contribution in [0.4, 0.5) is 23.2 Å². The number of para-hydroxylation sites is 1. The first kappa shape index (κ1) is 25.4. The molecule has 0 spiro atoms. The highest BCUT2D eigenvalue weighted by Gasteiger charge is 2.38. The van der Waals surface area contributed by atoms with E-state index in [1.54, 1.807) is 30.3 Å². The fourth-order valence-corrected chi connectivity index (χ4v) is 5.66. The lowest BCUT2D eigenvalue weighted by atomic mass is 10.1. The molecular weight excluding hydrogens is 510 g/mol. The van der Waals surface area contributed by atoms with Crippen molar-refractivity contribution in [2.24, 2.45) is 0 Å². The molecule has 1 aromatic heterocycles. The maximum atomic E-state index is 15.0. The summed E-state index contributed by atoms with van der Waals surface area (Å²) >= 11 is 1.54. The molecule has 35 heavy (non-hydrogen) atoms. The van der Waals surface area contributed by atoms with Crippen LogP contribution in [0, 0.1) is 5.82 Å². The third-order valence-electron chi connectivity index (χ3n) is 5.39. The summed E-state index contributed by atoms with van der Waals surface area (Å²) in [5, 5.41) is 6.26. The first-order chi connectivity index (χ1) is 16.6. The van der Waals surface area contributed by atoms with E-state index in [0.29, 0.717) is 18.8 Å². The van der Waals surface area contributed by atoms with Gasteiger partial charge in [-0.2, -0.15) is 25.9 Å². The van der Waals surface area contributed by atoms with Gasteiger partial charge in [-0.05, 0) is 30.5 Å². The predicted octanol–water partition coefficient (Wildman–Crippen LogP) is 4.04. The molecule has 8 nitrogen and oxygen atoms in total. The van der Waals surface area contributed by atoms with E-state index in [9.17, 15) is 21.6 Å². The minimum absolute atomic E-state index is 0.0273. The van der Waals surface area contributed by atoms with Gasteiger partial charge >= 0.3 is 22.3 Å². The van der Waals surface area contributed by atoms with E-state index in [-0.39, 0.29) is 30.8 Å². The molecule has 0 unspecified atom stereocenters. The smallest absolute Gasteiger partial charge is 0.413 e. The van der Waals surface area contributed by atoms with E-state index in [2.05, 4.69) is 18.9 Å². The van der Waals surface area contributed by atoms with Gasteiger partial charge in [0.2, 0.25) is 5.89 Å². The van der Waals surface area contributed by atoms with Crippen molar-refractivity contribution < 1.29 is 30.4 Å². The number of halogens is 4. The molecule has 1 aliphatic heterocycles. The fraction of sp³-hybridized carbons (Fsp3) is 0.333. The van der Waals surface area contributed by atoms with Crippen molar-refractivity contribution in [3.05, 3.63) is 65.8 Å². The minimum atomic E-state index is -4.82. The van der Waals surface area contributed by atoms with Crippen LogP contribution in [0.15, 0.2) is 52.9 Å². The van der Waals surface area contributed by atoms with E-state index in [0.717, 1.165) is 10.4 Å². The highest BCUT2D eigenvalue weighted by atomic mass is 32.2. The fourth-order valence-electron chi connectivity index (χ4n) is 3.54. The second kappa shape index (κ2) is 10.1. The Morgan fingerprint density at radius 2 is 1.74 bits per heavy atom. The van der Waals surface area contributed by atoms with Crippen LogP contribution < -0.4 is 4.31 Å². The van der Waals surface area contributed by atoms with Gasteiger partial charge in [-0.25, -0.2) is 8.70 Å². The van der Waals surface area contributed by atoms with Crippen LogP contribution in [0.5, 0.6) is 0 Å². The molecule has 4 rings (SSSR count). The van der Waals surface area contributed by atoms with Gasteiger partial charge in [-0.15, -0.1) is 10.2 Å². The molecule has 1 saturated heterocycles. The molecule has 3 aromatic rings. The molecular formula is C21H21F4N5O3S2. The largest absolute Gasteiger partial charge is 0.470 e. The zero-order chi connectivity index (χ0) is 25.2. The number of piperazine rings is 1. The van der Waals surface area contributed by atoms with Crippen molar-refractivity contribution in [1.29, 1.82) is 0 Å². The summed E-state index contributed by atoms with van der Waals surface area (Å²) in [4.78, 5) is 0. The first-order valence-electron chi connectivity index (χ1n) is 10.4. The monoisotopic (exact) mass is 531 g/mol. The van der Waals surface area contributed by atoms with Crippen LogP contribution in [0.1, 0.15) is 11.5 Å². The molecule has 0 radical (unpaired) electrons. The quantitative estimate of drug-likeness (QED) is 0.336. The van der Waals surface area contributed by atoms with Gasteiger partial charge in [0.05, 0.1) is 12.2 Å². The molecule has 2 heterocycles. The normalized spacial score (nSPS) is 15.9. The molecule has 1 fully saturated rings. The second-order valence-corrected chi connectivity index (χ2v) is 10.3. The van der Waals surface area contributed by atoms with Crippen molar-refractivity contribution >= 4 is 27.8 Å². The Hall–Kier alpha value is -2.68. The molecule has 0 amide bonds. The molecule has 0 atom stereocenters. The molecule has 0 saturated carbocycles. The highest BCUT2D eigenvalue weighted by Crippen LogP contribution is 2.31. The second-order valence-electron chi connectivity index (χ2n) is 7.58. The van der Waals surface area contributed by atoms with Crippen molar-refractivity contribution in [3.63, 3.8) is 0 Å². The standard InChI is InChI=1S/C21H21F4N5O3S2/c1-34-28-9-11-29(12-10-28)35(31,32)30(17-5-3-2-4-6-17)14-16-8-7-15(13-18(16)22)19-26-27-20(33-19)21(23,24)25/h2-8,13H,9-12,14H2,1H3. The summed E-state index contributed by atoms with van der Waals surface area (Å²) in [6.07, 6.45) is -2.90. The highest BCUT2D eigenvalue weighted by molar-refractivity contribution is 7.96. The average Bonchev–Trinajstić information content (AvgIpc) is 3.35. The predicted molar refractivity (Wildman–Crippen MR) is 123 cm³/mol. The molecule has 1 aliphatic rings. The summed E-state index contributed by atoms with van der Waals surface area (Å²) in [5.41, 5.74) is 0.325. The number of hydrogen-bond acceptors (Lipinski definition) is 7. The van der Waals surface area contributed by atoms with Crippen LogP contribution >= 0.6 is 11.9 Å². The van der Waals surface area contributed by atoms with Crippen LogP contribution in [0.3, 0.4) is 0 Å². The number of rotatable bonds is 7. The molecule has 2 aromatic carbocycles. The van der Waals surface area contributed by atoms with Gasteiger partial charge in [0, 0.05) is 37.3 Å². The van der Waals surface area contributed by atoms with E-state index >= 15 is 4.39 Å². The molecule has 188 valence electrons. The van der Waals surface area contributed by atoms with Gasteiger partial charge in [-0.1, -0.05) is 36.2 Å². The van der Waals surface area contributed by atoms with Crippen molar-refractivity contribution in [3.8, 4) is 11.5 Å². The number of nitrogens with zero attached hydrogens (tertiary/aromatic N) is 5. The van der Waals surface area contributed by atoms with E-state index in [4.69, 9.17) is 0 Å². The minimum Gasteiger partial charge on any atom is -0.413 e. The van der Waals surface area contributed by atoms with Gasteiger partial charge in [0.15, 0.2) is 0 Å². The summed E-state index contributed by atoms with van der Waals surface area (Å²) in [5.74, 6) is -2.86. The Morgan fingerprint density at radius 3 is 2.31 bits per heavy atom. The van der Waals surface area contributed by atoms with E-state index in [1.807, 2.05) is 6.26 Å². The molecule has 0 bridgehead atoms. The Kier molecular flexibility index (Phi) is 7.35. The molecule has 0 aliphatic carbocycles. The topological polar surface area (TPSA) is 82.8 Å². The number of aromatic nitrogens is 2. The van der Waals surface area contributed by atoms with Crippen LogP contribution in [-0.2, 0) is 22.9 Å². The van der Waals surface area contributed by atoms with E-state index in [1.165, 1.54) is 28.4 Å². The first-order valence-corrected chi connectivity index (χ1v) is 13.0. The lowest BCUT2D eigenvalue weighted by Crippen LogP contribution is -2.51. The summed E-state index contributed by atoms with van der Waals surface area (Å²) in [7, 11) is -4.00. The van der Waals surface area contributed by atoms with Crippen molar-refractivity contribution in [2.45, 2.75) is 12.7 Å². The lowest BCUT2D eigenvalue weighted by molar-refractivity contribution is -0.156. The number of hydrogen-bond donors (Lipinski definition) is 0. The maximum absolute atomic E-state index is 15.0. The molecule has 0 N–H and O–H groups in total. The Bertz CT molecular complexity index is 1260. The van der Waals surface area contributed by atoms with E-state index < -0.39 is 34.0 Å². The van der Waals surface area contributed by atoms with Gasteiger partial charge in [0.1, 0.15) is 5.82 Å². The van der Waals surface area contributed by atoms with Crippen molar-refractivity contribution in [1.82, 2.24) is 18.8 Å². The number of benzene rings is 2. The van der Waals surface area contributed by atoms with Gasteiger partial charge < -0.3 is 4.42 Å². The third kappa shape index (κ3) is 5.60. The number of anilines is 1. The van der Waals surface area contributed by atoms with Gasteiger partial charge in [0.25, 0.3) is 0 Å². The van der Waals surface area contributed by atoms with Crippen molar-refractivity contribution in [2.75, 3.05) is 36.7 Å². The Labute approximate surface area is 203 Å². The zero-order valence-electron chi connectivity index (χ0n) is 18.4. The SMILES string of the molecule is CSN1CCN(S(=O)(=O)N(Cc2ccc(-c3nnc(C(F)(F)F)o3)cc2F)c2ccccc2)CC1. The summed E-state index contributed by atoms with van der Waals surface area (Å²) in [6, 6.07) is 11.8. The number of alkyl halides is 3. The Morgan fingerprint density at radius 1 is 1.06 bits per heavy atom. The Balaban J connectivity index is 1.62. The summed E-state index contributed by atoms with van der Waals surface area (Å²) < 4.78 is 89.4. The molecule has 14 heteroatoms. The van der Waals surface area contributed by atoms with Gasteiger partial charge in [-0.3, -0.25) is 4.31 Å². The van der Waals surface area contributed by atoms with Crippen LogP contribution in [0.25, 0.3) is 11.5 Å².